The largest absolute Gasteiger partial charge is 0.233 e. The van der Waals surface area contributed by atoms with E-state index in [4.69, 9.17) is 11.6 Å². The molecule has 1 unspecified atom stereocenters. The third kappa shape index (κ3) is 1.18. The van der Waals surface area contributed by atoms with Gasteiger partial charge in [0, 0.05) is 0 Å². The summed E-state index contributed by atoms with van der Waals surface area (Å²) < 4.78 is 12.5. The first-order valence-corrected chi connectivity index (χ1v) is 3.13. The number of rotatable bonds is 0. The fourth-order valence-electron chi connectivity index (χ4n) is 0.660. The molecule has 1 aliphatic rings. The summed E-state index contributed by atoms with van der Waals surface area (Å²) in [5, 5.41) is -0.664. The van der Waals surface area contributed by atoms with Crippen molar-refractivity contribution in [3.8, 4) is 0 Å². The molecular weight excluding hydrogens is 155 g/mol. The number of halogens is 2. The number of hydrogen-bond donors (Lipinski definition) is 0. The van der Waals surface area contributed by atoms with E-state index in [0.29, 0.717) is 0 Å². The van der Waals surface area contributed by atoms with Crippen molar-refractivity contribution in [3.63, 3.8) is 0 Å². The topological polar surface area (TPSA) is 17.1 Å². The van der Waals surface area contributed by atoms with Crippen molar-refractivity contribution in [1.29, 1.82) is 0 Å². The molecule has 0 radical (unpaired) electrons. The second-order valence-electron chi connectivity index (χ2n) is 1.82. The SMILES string of the molecule is O=C=C1C(F)=CC=CC1Cl. The van der Waals surface area contributed by atoms with Gasteiger partial charge in [-0.05, 0) is 6.08 Å². The summed E-state index contributed by atoms with van der Waals surface area (Å²) in [6, 6.07) is 0. The molecule has 0 aliphatic heterocycles. The molecule has 1 aliphatic carbocycles. The van der Waals surface area contributed by atoms with Gasteiger partial charge in [-0.3, -0.25) is 0 Å². The van der Waals surface area contributed by atoms with Crippen molar-refractivity contribution < 1.29 is 9.18 Å². The van der Waals surface area contributed by atoms with Crippen LogP contribution in [0.3, 0.4) is 0 Å². The first-order valence-electron chi connectivity index (χ1n) is 2.69. The minimum Gasteiger partial charge on any atom is -0.233 e. The fourth-order valence-corrected chi connectivity index (χ4v) is 0.893. The molecule has 0 aromatic rings. The fraction of sp³-hybridized carbons (Fsp3) is 0.143. The Labute approximate surface area is 62.5 Å². The lowest BCUT2D eigenvalue weighted by Gasteiger charge is -2.06. The Hall–Kier alpha value is -0.850. The minimum absolute atomic E-state index is 0.121. The smallest absolute Gasteiger partial charge is 0.139 e. The molecule has 3 heteroatoms. The van der Waals surface area contributed by atoms with Crippen LogP contribution >= 0.6 is 11.6 Å². The molecule has 0 aromatic heterocycles. The molecule has 10 heavy (non-hydrogen) atoms. The van der Waals surface area contributed by atoms with Crippen molar-refractivity contribution >= 4 is 17.5 Å². The first-order chi connectivity index (χ1) is 4.75. The molecule has 0 spiro atoms. The lowest BCUT2D eigenvalue weighted by Crippen LogP contribution is -2.03. The van der Waals surface area contributed by atoms with Crippen LogP contribution in [0.25, 0.3) is 0 Å². The van der Waals surface area contributed by atoms with Crippen molar-refractivity contribution in [1.82, 2.24) is 0 Å². The van der Waals surface area contributed by atoms with Crippen LogP contribution in [0.5, 0.6) is 0 Å². The molecule has 1 nitrogen and oxygen atoms in total. The van der Waals surface area contributed by atoms with Crippen LogP contribution in [0.15, 0.2) is 29.6 Å². The summed E-state index contributed by atoms with van der Waals surface area (Å²) in [6.45, 7) is 0. The van der Waals surface area contributed by atoms with Crippen molar-refractivity contribution in [3.05, 3.63) is 29.6 Å². The monoisotopic (exact) mass is 158 g/mol. The van der Waals surface area contributed by atoms with Crippen LogP contribution in [-0.4, -0.2) is 11.3 Å². The first kappa shape index (κ1) is 7.26. The molecule has 0 saturated heterocycles. The van der Waals surface area contributed by atoms with Crippen LogP contribution in [0, 0.1) is 0 Å². The van der Waals surface area contributed by atoms with Gasteiger partial charge in [-0.25, -0.2) is 9.18 Å². The van der Waals surface area contributed by atoms with Gasteiger partial charge < -0.3 is 0 Å². The van der Waals surface area contributed by atoms with Gasteiger partial charge in [-0.15, -0.1) is 11.6 Å². The number of carbonyl (C=O) groups excluding carboxylic acids is 1. The zero-order valence-corrected chi connectivity index (χ0v) is 5.73. The Morgan fingerprint density at radius 1 is 1.70 bits per heavy atom. The highest BCUT2D eigenvalue weighted by molar-refractivity contribution is 6.24. The van der Waals surface area contributed by atoms with Gasteiger partial charge in [0.05, 0.1) is 11.0 Å². The zero-order valence-electron chi connectivity index (χ0n) is 4.97. The lowest BCUT2D eigenvalue weighted by atomic mass is 10.1. The van der Waals surface area contributed by atoms with Gasteiger partial charge in [-0.2, -0.15) is 0 Å². The Morgan fingerprint density at radius 3 is 2.80 bits per heavy atom. The predicted octanol–water partition coefficient (Wildman–Crippen LogP) is 1.77. The van der Waals surface area contributed by atoms with Crippen LogP contribution in [0.4, 0.5) is 4.39 Å². The average Bonchev–Trinajstić information content (AvgIpc) is 1.88. The van der Waals surface area contributed by atoms with Crippen LogP contribution in [0.2, 0.25) is 0 Å². The van der Waals surface area contributed by atoms with Gasteiger partial charge in [0.2, 0.25) is 0 Å². The highest BCUT2D eigenvalue weighted by Gasteiger charge is 2.16. The number of alkyl halides is 1. The maximum absolute atomic E-state index is 12.5. The Morgan fingerprint density at radius 2 is 2.40 bits per heavy atom. The second-order valence-corrected chi connectivity index (χ2v) is 2.29. The molecule has 0 heterocycles. The van der Waals surface area contributed by atoms with Crippen LogP contribution < -0.4 is 0 Å². The van der Waals surface area contributed by atoms with E-state index in [0.717, 1.165) is 0 Å². The van der Waals surface area contributed by atoms with Crippen LogP contribution in [-0.2, 0) is 4.79 Å². The van der Waals surface area contributed by atoms with Gasteiger partial charge in [-0.1, -0.05) is 12.2 Å². The van der Waals surface area contributed by atoms with E-state index in [1.807, 2.05) is 0 Å². The lowest BCUT2D eigenvalue weighted by molar-refractivity contribution is 0.563. The Bertz CT molecular complexity index is 248. The molecule has 0 bridgehead atoms. The van der Waals surface area contributed by atoms with Gasteiger partial charge >= 0.3 is 0 Å². The summed E-state index contributed by atoms with van der Waals surface area (Å²) in [5.41, 5.74) is -0.121. The normalized spacial score (nSPS) is 24.0. The molecule has 0 aromatic carbocycles. The molecule has 0 amide bonds. The summed E-state index contributed by atoms with van der Waals surface area (Å²) in [5.74, 6) is 0.844. The highest BCUT2D eigenvalue weighted by Crippen LogP contribution is 2.22. The third-order valence-corrected chi connectivity index (χ3v) is 1.53. The van der Waals surface area contributed by atoms with E-state index < -0.39 is 11.2 Å². The zero-order chi connectivity index (χ0) is 7.56. The third-order valence-electron chi connectivity index (χ3n) is 1.17. The molecule has 1 atom stereocenters. The summed E-state index contributed by atoms with van der Waals surface area (Å²) >= 11 is 5.51. The highest BCUT2D eigenvalue weighted by atomic mass is 35.5. The molecule has 1 rings (SSSR count). The number of hydrogen-bond acceptors (Lipinski definition) is 1. The van der Waals surface area contributed by atoms with E-state index in [1.54, 1.807) is 0 Å². The summed E-state index contributed by atoms with van der Waals surface area (Å²) in [7, 11) is 0. The van der Waals surface area contributed by atoms with Crippen molar-refractivity contribution in [2.45, 2.75) is 5.38 Å². The van der Waals surface area contributed by atoms with Gasteiger partial charge in [0.25, 0.3) is 0 Å². The molecule has 0 N–H and O–H groups in total. The quantitative estimate of drug-likeness (QED) is 0.388. The average molecular weight is 159 g/mol. The van der Waals surface area contributed by atoms with E-state index in [2.05, 4.69) is 0 Å². The maximum Gasteiger partial charge on any atom is 0.139 e. The van der Waals surface area contributed by atoms with Gasteiger partial charge in [0.1, 0.15) is 11.8 Å². The van der Waals surface area contributed by atoms with E-state index in [1.165, 1.54) is 24.2 Å². The van der Waals surface area contributed by atoms with Crippen molar-refractivity contribution in [2.75, 3.05) is 0 Å². The van der Waals surface area contributed by atoms with Crippen molar-refractivity contribution in [2.24, 2.45) is 0 Å². The Kier molecular flexibility index (Phi) is 2.05. The molecule has 0 fully saturated rings. The standard InChI is InChI=1S/C7H4ClFO/c8-6-2-1-3-7(9)5(6)4-10/h1-3,6H. The van der Waals surface area contributed by atoms with E-state index >= 15 is 0 Å². The number of allylic oxidation sites excluding steroid dienone is 5. The molecule has 0 saturated carbocycles. The summed E-state index contributed by atoms with van der Waals surface area (Å²) in [6.07, 6.45) is 4.16. The Balaban J connectivity index is 3.04. The van der Waals surface area contributed by atoms with Gasteiger partial charge in [0.15, 0.2) is 0 Å². The minimum atomic E-state index is -0.664. The maximum atomic E-state index is 12.5. The summed E-state index contributed by atoms with van der Waals surface area (Å²) in [4.78, 5) is 10.0. The molecular formula is C7H4ClFO. The van der Waals surface area contributed by atoms with E-state index in [9.17, 15) is 9.18 Å². The van der Waals surface area contributed by atoms with Crippen LogP contribution in [0.1, 0.15) is 0 Å². The van der Waals surface area contributed by atoms with E-state index in [-0.39, 0.29) is 5.57 Å². The second kappa shape index (κ2) is 2.82. The predicted molar refractivity (Wildman–Crippen MR) is 37.2 cm³/mol. The molecule has 52 valence electrons.